The van der Waals surface area contributed by atoms with Gasteiger partial charge in [-0.3, -0.25) is 29.6 Å². The number of carbonyl (C=O) groups excluding carboxylic acids is 1. The molecular formula is C26H24N6O. The third kappa shape index (κ3) is 4.10. The molecule has 1 aliphatic heterocycles. The fourth-order valence-electron chi connectivity index (χ4n) is 4.61. The third-order valence-electron chi connectivity index (χ3n) is 5.90. The van der Waals surface area contributed by atoms with E-state index in [1.165, 1.54) is 0 Å². The van der Waals surface area contributed by atoms with Crippen molar-refractivity contribution in [2.75, 3.05) is 0 Å². The Morgan fingerprint density at radius 2 is 1.21 bits per heavy atom. The van der Waals surface area contributed by atoms with Crippen molar-refractivity contribution in [3.8, 4) is 0 Å². The van der Waals surface area contributed by atoms with Gasteiger partial charge in [-0.25, -0.2) is 0 Å². The van der Waals surface area contributed by atoms with Crippen LogP contribution in [-0.2, 0) is 11.3 Å². The Kier molecular flexibility index (Phi) is 5.87. The van der Waals surface area contributed by atoms with Gasteiger partial charge < -0.3 is 4.90 Å². The van der Waals surface area contributed by atoms with E-state index in [4.69, 9.17) is 4.98 Å². The molecule has 0 radical (unpaired) electrons. The minimum atomic E-state index is -0.398. The molecule has 5 rings (SSSR count). The third-order valence-corrected chi connectivity index (χ3v) is 5.90. The van der Waals surface area contributed by atoms with Gasteiger partial charge in [0, 0.05) is 38.3 Å². The largest absolute Gasteiger partial charge is 0.311 e. The highest BCUT2D eigenvalue weighted by molar-refractivity contribution is 5.75. The Labute approximate surface area is 192 Å². The predicted octanol–water partition coefficient (Wildman–Crippen LogP) is 4.11. The molecule has 0 N–H and O–H groups in total. The van der Waals surface area contributed by atoms with Crippen molar-refractivity contribution in [1.82, 2.24) is 29.7 Å². The van der Waals surface area contributed by atoms with Crippen molar-refractivity contribution in [2.24, 2.45) is 0 Å². The summed E-state index contributed by atoms with van der Waals surface area (Å²) in [5, 5.41) is 0. The number of aromatic nitrogens is 4. The highest BCUT2D eigenvalue weighted by Crippen LogP contribution is 2.51. The van der Waals surface area contributed by atoms with Gasteiger partial charge in [0.25, 0.3) is 0 Å². The standard InChI is InChI=1S/C26H24N6O/c1-19(33)32-25(22-12-4-8-16-29-22)24(21-11-3-7-15-28-21)31(18-20-10-2-6-14-27-20)26(32)23-13-5-9-17-30-23/h2-17,24-26H,18H2,1H3. The molecule has 3 unspecified atom stereocenters. The highest BCUT2D eigenvalue weighted by Gasteiger charge is 2.51. The van der Waals surface area contributed by atoms with Crippen molar-refractivity contribution >= 4 is 5.91 Å². The van der Waals surface area contributed by atoms with E-state index in [2.05, 4.69) is 19.9 Å². The summed E-state index contributed by atoms with van der Waals surface area (Å²) in [6.45, 7) is 2.13. The lowest BCUT2D eigenvalue weighted by Gasteiger charge is -2.30. The van der Waals surface area contributed by atoms with Crippen LogP contribution in [0.25, 0.3) is 0 Å². The average Bonchev–Trinajstić information content (AvgIpc) is 3.21. The molecular weight excluding hydrogens is 412 g/mol. The van der Waals surface area contributed by atoms with E-state index in [0.29, 0.717) is 6.54 Å². The van der Waals surface area contributed by atoms with Crippen LogP contribution in [-0.4, -0.2) is 35.6 Å². The minimum Gasteiger partial charge on any atom is -0.311 e. The van der Waals surface area contributed by atoms with E-state index in [0.717, 1.165) is 22.8 Å². The molecule has 0 aliphatic carbocycles. The number of carbonyl (C=O) groups is 1. The summed E-state index contributed by atoms with van der Waals surface area (Å²) >= 11 is 0. The maximum absolute atomic E-state index is 13.2. The average molecular weight is 437 g/mol. The monoisotopic (exact) mass is 436 g/mol. The van der Waals surface area contributed by atoms with Gasteiger partial charge in [-0.15, -0.1) is 0 Å². The number of nitrogens with zero attached hydrogens (tertiary/aromatic N) is 6. The van der Waals surface area contributed by atoms with Crippen LogP contribution in [0.5, 0.6) is 0 Å². The number of hydrogen-bond acceptors (Lipinski definition) is 6. The molecule has 5 heterocycles. The lowest BCUT2D eigenvalue weighted by Crippen LogP contribution is -2.35. The zero-order valence-electron chi connectivity index (χ0n) is 18.3. The number of amides is 1. The van der Waals surface area contributed by atoms with Gasteiger partial charge in [0.2, 0.25) is 5.91 Å². The van der Waals surface area contributed by atoms with E-state index in [-0.39, 0.29) is 18.0 Å². The molecule has 1 saturated heterocycles. The Morgan fingerprint density at radius 1 is 0.697 bits per heavy atom. The first-order chi connectivity index (χ1) is 16.2. The summed E-state index contributed by atoms with van der Waals surface area (Å²) in [6, 6.07) is 22.8. The summed E-state index contributed by atoms with van der Waals surface area (Å²) in [5.41, 5.74) is 3.38. The molecule has 0 spiro atoms. The van der Waals surface area contributed by atoms with Crippen LogP contribution in [0.2, 0.25) is 0 Å². The summed E-state index contributed by atoms with van der Waals surface area (Å²) in [5.74, 6) is -0.0502. The molecule has 0 bridgehead atoms. The molecule has 0 saturated carbocycles. The normalized spacial score (nSPS) is 20.6. The van der Waals surface area contributed by atoms with Gasteiger partial charge >= 0.3 is 0 Å². The first kappa shape index (κ1) is 20.9. The van der Waals surface area contributed by atoms with Crippen molar-refractivity contribution in [2.45, 2.75) is 31.7 Å². The zero-order valence-corrected chi connectivity index (χ0v) is 18.3. The number of hydrogen-bond donors (Lipinski definition) is 0. The first-order valence-corrected chi connectivity index (χ1v) is 10.9. The van der Waals surface area contributed by atoms with E-state index in [1.807, 2.05) is 77.7 Å². The topological polar surface area (TPSA) is 75.1 Å². The van der Waals surface area contributed by atoms with Crippen LogP contribution in [0.3, 0.4) is 0 Å². The second kappa shape index (κ2) is 9.26. The predicted molar refractivity (Wildman–Crippen MR) is 123 cm³/mol. The summed E-state index contributed by atoms with van der Waals surface area (Å²) < 4.78 is 0. The second-order valence-corrected chi connectivity index (χ2v) is 7.95. The molecule has 1 fully saturated rings. The molecule has 7 nitrogen and oxygen atoms in total. The molecule has 4 aromatic rings. The van der Waals surface area contributed by atoms with Crippen LogP contribution in [0.4, 0.5) is 0 Å². The summed E-state index contributed by atoms with van der Waals surface area (Å²) in [7, 11) is 0. The van der Waals surface area contributed by atoms with Crippen LogP contribution in [0.1, 0.15) is 47.9 Å². The fraction of sp³-hybridized carbons (Fsp3) is 0.192. The lowest BCUT2D eigenvalue weighted by atomic mass is 9.99. The SMILES string of the molecule is CC(=O)N1C(c2ccccn2)C(c2ccccn2)N(Cc2ccccn2)C1c1ccccn1. The quantitative estimate of drug-likeness (QED) is 0.469. The number of pyridine rings is 4. The van der Waals surface area contributed by atoms with Crippen molar-refractivity contribution < 1.29 is 4.79 Å². The highest BCUT2D eigenvalue weighted by atomic mass is 16.2. The van der Waals surface area contributed by atoms with Gasteiger partial charge in [0.1, 0.15) is 6.17 Å². The van der Waals surface area contributed by atoms with Crippen LogP contribution < -0.4 is 0 Å². The smallest absolute Gasteiger partial charge is 0.221 e. The fourth-order valence-corrected chi connectivity index (χ4v) is 4.61. The molecule has 1 aliphatic rings. The van der Waals surface area contributed by atoms with Gasteiger partial charge in [0.15, 0.2) is 0 Å². The van der Waals surface area contributed by atoms with Gasteiger partial charge in [-0.2, -0.15) is 0 Å². The molecule has 164 valence electrons. The molecule has 7 heteroatoms. The number of rotatable bonds is 5. The van der Waals surface area contributed by atoms with Crippen molar-refractivity contribution in [3.05, 3.63) is 120 Å². The van der Waals surface area contributed by atoms with Crippen molar-refractivity contribution in [1.29, 1.82) is 0 Å². The molecule has 4 aromatic heterocycles. The van der Waals surface area contributed by atoms with Gasteiger partial charge in [-0.1, -0.05) is 24.3 Å². The van der Waals surface area contributed by atoms with Crippen LogP contribution >= 0.6 is 0 Å². The van der Waals surface area contributed by atoms with E-state index in [9.17, 15) is 4.79 Å². The van der Waals surface area contributed by atoms with E-state index >= 15 is 0 Å². The first-order valence-electron chi connectivity index (χ1n) is 10.9. The maximum Gasteiger partial charge on any atom is 0.221 e. The lowest BCUT2D eigenvalue weighted by molar-refractivity contribution is -0.133. The molecule has 1 amide bonds. The maximum atomic E-state index is 13.2. The summed E-state index contributed by atoms with van der Waals surface area (Å²) in [4.78, 5) is 35.9. The Morgan fingerprint density at radius 3 is 1.70 bits per heavy atom. The van der Waals surface area contributed by atoms with Gasteiger partial charge in [-0.05, 0) is 48.5 Å². The Bertz CT molecular complexity index is 1190. The molecule has 3 atom stereocenters. The van der Waals surface area contributed by atoms with E-state index < -0.39 is 6.17 Å². The Balaban J connectivity index is 1.73. The van der Waals surface area contributed by atoms with Crippen LogP contribution in [0.15, 0.2) is 97.6 Å². The summed E-state index contributed by atoms with van der Waals surface area (Å²) in [6.07, 6.45) is 6.70. The van der Waals surface area contributed by atoms with E-state index in [1.54, 1.807) is 31.7 Å². The van der Waals surface area contributed by atoms with Gasteiger partial charge in [0.05, 0.1) is 34.9 Å². The molecule has 33 heavy (non-hydrogen) atoms. The zero-order chi connectivity index (χ0) is 22.6. The van der Waals surface area contributed by atoms with Crippen molar-refractivity contribution in [3.63, 3.8) is 0 Å². The van der Waals surface area contributed by atoms with Crippen LogP contribution in [0, 0.1) is 0 Å². The Hall–Kier alpha value is -3.97. The second-order valence-electron chi connectivity index (χ2n) is 7.95. The minimum absolute atomic E-state index is 0.0502. The molecule has 0 aromatic carbocycles.